The van der Waals surface area contributed by atoms with E-state index in [0.717, 1.165) is 11.1 Å². The van der Waals surface area contributed by atoms with Gasteiger partial charge in [-0.3, -0.25) is 0 Å². The smallest absolute Gasteiger partial charge is 0.00264 e. The molecule has 3 aromatic carbocycles. The van der Waals surface area contributed by atoms with Crippen LogP contribution in [0, 0.1) is 0 Å². The second kappa shape index (κ2) is 3.94. The molecule has 1 aliphatic carbocycles. The number of fused-ring (bicyclic) bond motifs is 3. The minimum atomic E-state index is 1.14. The number of rotatable bonds is 2. The SMILES string of the molecule is C=Cc1cc2c(cc1C=C)-c1cccc3cccc-2c13. The second-order valence-corrected chi connectivity index (χ2v) is 5.14. The molecule has 0 amide bonds. The molecule has 0 aliphatic heterocycles. The van der Waals surface area contributed by atoms with E-state index in [4.69, 9.17) is 0 Å². The fourth-order valence-corrected chi connectivity index (χ4v) is 3.22. The minimum Gasteiger partial charge on any atom is -0.0984 e. The van der Waals surface area contributed by atoms with Gasteiger partial charge in [-0.05, 0) is 56.3 Å². The second-order valence-electron chi connectivity index (χ2n) is 5.14. The molecule has 0 heterocycles. The summed E-state index contributed by atoms with van der Waals surface area (Å²) < 4.78 is 0. The third-order valence-corrected chi connectivity index (χ3v) is 4.15. The first kappa shape index (κ1) is 11.2. The molecule has 4 rings (SSSR count). The molecular formula is C20H14. The highest BCUT2D eigenvalue weighted by molar-refractivity contribution is 6.15. The topological polar surface area (TPSA) is 0 Å². The van der Waals surface area contributed by atoms with Gasteiger partial charge in [-0.15, -0.1) is 0 Å². The predicted molar refractivity (Wildman–Crippen MR) is 88.6 cm³/mol. The van der Waals surface area contributed by atoms with Crippen molar-refractivity contribution in [3.8, 4) is 22.3 Å². The lowest BCUT2D eigenvalue weighted by atomic mass is 9.96. The molecule has 94 valence electrons. The van der Waals surface area contributed by atoms with Crippen LogP contribution in [-0.2, 0) is 0 Å². The van der Waals surface area contributed by atoms with E-state index in [2.05, 4.69) is 61.7 Å². The first-order valence-corrected chi connectivity index (χ1v) is 6.79. The molecule has 0 atom stereocenters. The summed E-state index contributed by atoms with van der Waals surface area (Å²) in [6.07, 6.45) is 3.81. The molecule has 0 saturated carbocycles. The van der Waals surface area contributed by atoms with E-state index < -0.39 is 0 Å². The molecular weight excluding hydrogens is 240 g/mol. The molecule has 0 radical (unpaired) electrons. The summed E-state index contributed by atoms with van der Waals surface area (Å²) >= 11 is 0. The lowest BCUT2D eigenvalue weighted by Crippen LogP contribution is -1.84. The molecule has 0 aromatic heterocycles. The fourth-order valence-electron chi connectivity index (χ4n) is 3.22. The highest BCUT2D eigenvalue weighted by Gasteiger charge is 2.21. The number of benzene rings is 3. The molecule has 0 saturated heterocycles. The van der Waals surface area contributed by atoms with Crippen LogP contribution in [0.1, 0.15) is 11.1 Å². The lowest BCUT2D eigenvalue weighted by Gasteiger charge is -2.07. The van der Waals surface area contributed by atoms with Gasteiger partial charge in [-0.25, -0.2) is 0 Å². The van der Waals surface area contributed by atoms with Gasteiger partial charge in [-0.2, -0.15) is 0 Å². The van der Waals surface area contributed by atoms with Crippen LogP contribution in [0.25, 0.3) is 45.2 Å². The van der Waals surface area contributed by atoms with Crippen LogP contribution >= 0.6 is 0 Å². The Kier molecular flexibility index (Phi) is 2.22. The summed E-state index contributed by atoms with van der Waals surface area (Å²) in [5.41, 5.74) is 7.54. The molecule has 3 aromatic rings. The summed E-state index contributed by atoms with van der Waals surface area (Å²) in [4.78, 5) is 0. The first-order chi connectivity index (χ1) is 9.83. The average Bonchev–Trinajstić information content (AvgIpc) is 2.82. The van der Waals surface area contributed by atoms with E-state index >= 15 is 0 Å². The Hall–Kier alpha value is -2.60. The largest absolute Gasteiger partial charge is 0.0984 e. The molecule has 0 N–H and O–H groups in total. The highest BCUT2D eigenvalue weighted by Crippen LogP contribution is 2.48. The zero-order valence-electron chi connectivity index (χ0n) is 11.2. The van der Waals surface area contributed by atoms with Crippen LogP contribution in [0.4, 0.5) is 0 Å². The van der Waals surface area contributed by atoms with Gasteiger partial charge < -0.3 is 0 Å². The average molecular weight is 254 g/mol. The molecule has 20 heavy (non-hydrogen) atoms. The number of hydrogen-bond acceptors (Lipinski definition) is 0. The Morgan fingerprint density at radius 3 is 1.60 bits per heavy atom. The molecule has 0 bridgehead atoms. The highest BCUT2D eigenvalue weighted by atomic mass is 14.2. The monoisotopic (exact) mass is 254 g/mol. The van der Waals surface area contributed by atoms with Gasteiger partial charge in [0.15, 0.2) is 0 Å². The minimum absolute atomic E-state index is 1.14. The first-order valence-electron chi connectivity index (χ1n) is 6.79. The van der Waals surface area contributed by atoms with E-state index in [0.29, 0.717) is 0 Å². The predicted octanol–water partition coefficient (Wildman–Crippen LogP) is 5.77. The molecule has 1 aliphatic rings. The van der Waals surface area contributed by atoms with E-state index in [-0.39, 0.29) is 0 Å². The van der Waals surface area contributed by atoms with Gasteiger partial charge in [0.2, 0.25) is 0 Å². The Morgan fingerprint density at radius 1 is 0.650 bits per heavy atom. The Balaban J connectivity index is 2.18. The molecule has 0 heteroatoms. The normalized spacial score (nSPS) is 11.4. The van der Waals surface area contributed by atoms with Crippen LogP contribution in [-0.4, -0.2) is 0 Å². The van der Waals surface area contributed by atoms with E-state index in [1.807, 2.05) is 12.2 Å². The summed E-state index contributed by atoms with van der Waals surface area (Å²) in [5, 5.41) is 2.66. The standard InChI is InChI=1S/C20H14/c1-3-13-11-18-16-9-5-7-15-8-6-10-17(20(15)16)19(18)12-14(13)4-2/h3-12H,1-2H2. The van der Waals surface area contributed by atoms with E-state index in [9.17, 15) is 0 Å². The van der Waals surface area contributed by atoms with Crippen molar-refractivity contribution in [1.82, 2.24) is 0 Å². The van der Waals surface area contributed by atoms with Crippen molar-refractivity contribution in [2.75, 3.05) is 0 Å². The molecule has 0 fully saturated rings. The number of hydrogen-bond donors (Lipinski definition) is 0. The Morgan fingerprint density at radius 2 is 1.15 bits per heavy atom. The van der Waals surface area contributed by atoms with Crippen molar-refractivity contribution in [2.24, 2.45) is 0 Å². The Labute approximate surface area is 118 Å². The maximum Gasteiger partial charge on any atom is -0.00264 e. The zero-order valence-corrected chi connectivity index (χ0v) is 11.2. The van der Waals surface area contributed by atoms with Crippen molar-refractivity contribution in [1.29, 1.82) is 0 Å². The van der Waals surface area contributed by atoms with Crippen LogP contribution in [0.2, 0.25) is 0 Å². The molecule has 0 spiro atoms. The Bertz CT molecular complexity index is 812. The zero-order chi connectivity index (χ0) is 13.7. The van der Waals surface area contributed by atoms with Crippen molar-refractivity contribution < 1.29 is 0 Å². The van der Waals surface area contributed by atoms with Crippen LogP contribution in [0.15, 0.2) is 61.7 Å². The molecule has 0 nitrogen and oxygen atoms in total. The van der Waals surface area contributed by atoms with Gasteiger partial charge in [-0.1, -0.05) is 61.7 Å². The lowest BCUT2D eigenvalue weighted by molar-refractivity contribution is 1.61. The van der Waals surface area contributed by atoms with E-state index in [1.54, 1.807) is 0 Å². The van der Waals surface area contributed by atoms with Crippen LogP contribution in [0.3, 0.4) is 0 Å². The van der Waals surface area contributed by atoms with Crippen molar-refractivity contribution in [2.45, 2.75) is 0 Å². The van der Waals surface area contributed by atoms with Crippen LogP contribution in [0.5, 0.6) is 0 Å². The van der Waals surface area contributed by atoms with E-state index in [1.165, 1.54) is 33.0 Å². The fraction of sp³-hybridized carbons (Fsp3) is 0. The summed E-state index contributed by atoms with van der Waals surface area (Å²) in [7, 11) is 0. The maximum atomic E-state index is 3.92. The van der Waals surface area contributed by atoms with Gasteiger partial charge in [0.05, 0.1) is 0 Å². The van der Waals surface area contributed by atoms with Crippen molar-refractivity contribution >= 4 is 22.9 Å². The van der Waals surface area contributed by atoms with Crippen molar-refractivity contribution in [3.05, 3.63) is 72.8 Å². The quantitative estimate of drug-likeness (QED) is 0.426. The summed E-state index contributed by atoms with van der Waals surface area (Å²) in [5.74, 6) is 0. The third kappa shape index (κ3) is 1.31. The summed E-state index contributed by atoms with van der Waals surface area (Å²) in [6.45, 7) is 7.83. The van der Waals surface area contributed by atoms with Gasteiger partial charge in [0, 0.05) is 0 Å². The van der Waals surface area contributed by atoms with Gasteiger partial charge in [0.25, 0.3) is 0 Å². The van der Waals surface area contributed by atoms with Gasteiger partial charge in [0.1, 0.15) is 0 Å². The molecule has 0 unspecified atom stereocenters. The van der Waals surface area contributed by atoms with Gasteiger partial charge >= 0.3 is 0 Å². The maximum absolute atomic E-state index is 3.92. The van der Waals surface area contributed by atoms with Crippen molar-refractivity contribution in [3.63, 3.8) is 0 Å². The third-order valence-electron chi connectivity index (χ3n) is 4.15. The van der Waals surface area contributed by atoms with Crippen LogP contribution < -0.4 is 0 Å². The summed E-state index contributed by atoms with van der Waals surface area (Å²) in [6, 6.07) is 17.5.